The lowest BCUT2D eigenvalue weighted by atomic mass is 10.1. The van der Waals surface area contributed by atoms with E-state index in [1.807, 2.05) is 0 Å². The summed E-state index contributed by atoms with van der Waals surface area (Å²) >= 11 is 0. The maximum atomic E-state index is 11.5. The lowest BCUT2D eigenvalue weighted by molar-refractivity contribution is -0.323. The minimum absolute atomic E-state index is 0.260. The number of halogens is 3. The molecule has 5 heteroatoms. The average Bonchev–Trinajstić information content (AvgIpc) is 2.83. The Hall–Kier alpha value is -0.290. The molecule has 0 spiro atoms. The third kappa shape index (κ3) is 5.44. The zero-order valence-corrected chi connectivity index (χ0v) is 8.23. The van der Waals surface area contributed by atoms with Gasteiger partial charge < -0.3 is 5.32 Å². The molecule has 1 atom stereocenters. The Balaban J connectivity index is 1.88. The van der Waals surface area contributed by atoms with Crippen LogP contribution in [0.25, 0.3) is 0 Å². The molecule has 0 aromatic rings. The van der Waals surface area contributed by atoms with Gasteiger partial charge in [0.15, 0.2) is 0 Å². The van der Waals surface area contributed by atoms with E-state index in [9.17, 15) is 13.2 Å². The van der Waals surface area contributed by atoms with Gasteiger partial charge in [0.25, 0.3) is 0 Å². The quantitative estimate of drug-likeness (QED) is 0.680. The largest absolute Gasteiger partial charge is 0.522 e. The first-order chi connectivity index (χ1) is 6.49. The molecule has 1 fully saturated rings. The fourth-order valence-electron chi connectivity index (χ4n) is 1.40. The Labute approximate surface area is 81.8 Å². The molecule has 84 valence electrons. The van der Waals surface area contributed by atoms with E-state index in [0.717, 1.165) is 12.5 Å². The highest BCUT2D eigenvalue weighted by Crippen LogP contribution is 2.35. The topological polar surface area (TPSA) is 21.3 Å². The van der Waals surface area contributed by atoms with Gasteiger partial charge in [-0.15, -0.1) is 13.2 Å². The van der Waals surface area contributed by atoms with Crippen LogP contribution in [0.3, 0.4) is 0 Å². The third-order valence-corrected chi connectivity index (χ3v) is 2.44. The SMILES string of the molecule is CC(CNCCOC(F)(F)F)C1CC1. The Kier molecular flexibility index (Phi) is 4.19. The van der Waals surface area contributed by atoms with Crippen LogP contribution >= 0.6 is 0 Å². The predicted molar refractivity (Wildman–Crippen MR) is 46.8 cm³/mol. The summed E-state index contributed by atoms with van der Waals surface area (Å²) < 4.78 is 38.2. The van der Waals surface area contributed by atoms with Crippen LogP contribution in [0.15, 0.2) is 0 Å². The van der Waals surface area contributed by atoms with Crippen LogP contribution in [0.4, 0.5) is 13.2 Å². The lowest BCUT2D eigenvalue weighted by Crippen LogP contribution is -2.28. The summed E-state index contributed by atoms with van der Waals surface area (Å²) in [6.07, 6.45) is -1.96. The zero-order chi connectivity index (χ0) is 10.6. The Morgan fingerprint density at radius 2 is 2.07 bits per heavy atom. The first-order valence-electron chi connectivity index (χ1n) is 4.90. The predicted octanol–water partition coefficient (Wildman–Crippen LogP) is 2.16. The molecule has 0 bridgehead atoms. The number of rotatable bonds is 6. The third-order valence-electron chi connectivity index (χ3n) is 2.44. The molecule has 1 rings (SSSR count). The van der Waals surface area contributed by atoms with E-state index in [1.165, 1.54) is 12.8 Å². The van der Waals surface area contributed by atoms with Crippen molar-refractivity contribution in [2.75, 3.05) is 19.7 Å². The van der Waals surface area contributed by atoms with Crippen molar-refractivity contribution in [2.45, 2.75) is 26.1 Å². The van der Waals surface area contributed by atoms with Crippen LogP contribution in [0.5, 0.6) is 0 Å². The normalized spacial score (nSPS) is 19.7. The summed E-state index contributed by atoms with van der Waals surface area (Å²) in [4.78, 5) is 0. The van der Waals surface area contributed by atoms with Crippen molar-refractivity contribution in [3.8, 4) is 0 Å². The molecule has 0 aromatic heterocycles. The summed E-state index contributed by atoms with van der Waals surface area (Å²) in [6, 6.07) is 0. The van der Waals surface area contributed by atoms with Gasteiger partial charge in [-0.2, -0.15) is 0 Å². The van der Waals surface area contributed by atoms with Crippen LogP contribution in [0, 0.1) is 11.8 Å². The van der Waals surface area contributed by atoms with E-state index >= 15 is 0 Å². The van der Waals surface area contributed by atoms with Crippen molar-refractivity contribution in [2.24, 2.45) is 11.8 Å². The Morgan fingerprint density at radius 3 is 2.57 bits per heavy atom. The molecule has 0 aromatic carbocycles. The van der Waals surface area contributed by atoms with Gasteiger partial charge in [-0.3, -0.25) is 4.74 Å². The molecule has 1 aliphatic rings. The highest BCUT2D eigenvalue weighted by Gasteiger charge is 2.29. The average molecular weight is 211 g/mol. The second-order valence-corrected chi connectivity index (χ2v) is 3.81. The highest BCUT2D eigenvalue weighted by atomic mass is 19.4. The van der Waals surface area contributed by atoms with Crippen molar-refractivity contribution >= 4 is 0 Å². The summed E-state index contributed by atoms with van der Waals surface area (Å²) in [5, 5.41) is 2.95. The number of nitrogens with one attached hydrogen (secondary N) is 1. The van der Waals surface area contributed by atoms with Crippen molar-refractivity contribution < 1.29 is 17.9 Å². The van der Waals surface area contributed by atoms with Crippen LogP contribution in [-0.4, -0.2) is 26.1 Å². The number of hydrogen-bond donors (Lipinski definition) is 1. The van der Waals surface area contributed by atoms with Gasteiger partial charge in [-0.05, 0) is 31.2 Å². The molecule has 1 N–H and O–H groups in total. The second-order valence-electron chi connectivity index (χ2n) is 3.81. The number of alkyl halides is 3. The van der Waals surface area contributed by atoms with Gasteiger partial charge >= 0.3 is 6.36 Å². The molecule has 2 nitrogen and oxygen atoms in total. The minimum atomic E-state index is -4.50. The fraction of sp³-hybridized carbons (Fsp3) is 1.00. The molecule has 14 heavy (non-hydrogen) atoms. The molecular formula is C9H16F3NO. The molecule has 0 saturated heterocycles. The fourth-order valence-corrected chi connectivity index (χ4v) is 1.40. The first-order valence-corrected chi connectivity index (χ1v) is 4.90. The summed E-state index contributed by atoms with van der Waals surface area (Å²) in [5.74, 6) is 1.35. The molecule has 0 heterocycles. The monoisotopic (exact) mass is 211 g/mol. The summed E-state index contributed by atoms with van der Waals surface area (Å²) in [5.41, 5.74) is 0. The van der Waals surface area contributed by atoms with E-state index < -0.39 is 6.36 Å². The Bertz CT molecular complexity index is 168. The van der Waals surface area contributed by atoms with Crippen molar-refractivity contribution in [1.82, 2.24) is 5.32 Å². The van der Waals surface area contributed by atoms with Gasteiger partial charge in [-0.1, -0.05) is 6.92 Å². The van der Waals surface area contributed by atoms with E-state index in [1.54, 1.807) is 0 Å². The van der Waals surface area contributed by atoms with Crippen LogP contribution < -0.4 is 5.32 Å². The van der Waals surface area contributed by atoms with Crippen molar-refractivity contribution in [3.05, 3.63) is 0 Å². The minimum Gasteiger partial charge on any atom is -0.314 e. The van der Waals surface area contributed by atoms with Crippen LogP contribution in [0.2, 0.25) is 0 Å². The van der Waals surface area contributed by atoms with E-state index in [-0.39, 0.29) is 13.2 Å². The molecular weight excluding hydrogens is 195 g/mol. The molecule has 0 amide bonds. The standard InChI is InChI=1S/C9H16F3NO/c1-7(8-2-3-8)6-13-4-5-14-9(10,11)12/h7-8,13H,2-6H2,1H3. The zero-order valence-electron chi connectivity index (χ0n) is 8.23. The molecule has 1 aliphatic carbocycles. The summed E-state index contributed by atoms with van der Waals surface area (Å²) in [7, 11) is 0. The van der Waals surface area contributed by atoms with E-state index in [4.69, 9.17) is 0 Å². The molecule has 1 unspecified atom stereocenters. The lowest BCUT2D eigenvalue weighted by Gasteiger charge is -2.12. The summed E-state index contributed by atoms with van der Waals surface area (Å²) in [6.45, 7) is 2.86. The molecule has 0 aliphatic heterocycles. The van der Waals surface area contributed by atoms with Gasteiger partial charge in [0, 0.05) is 6.54 Å². The van der Waals surface area contributed by atoms with Crippen molar-refractivity contribution in [1.29, 1.82) is 0 Å². The van der Waals surface area contributed by atoms with Gasteiger partial charge in [0.05, 0.1) is 6.61 Å². The molecule has 1 saturated carbocycles. The van der Waals surface area contributed by atoms with Gasteiger partial charge in [-0.25, -0.2) is 0 Å². The van der Waals surface area contributed by atoms with Crippen LogP contribution in [0.1, 0.15) is 19.8 Å². The number of hydrogen-bond acceptors (Lipinski definition) is 2. The van der Waals surface area contributed by atoms with E-state index in [0.29, 0.717) is 5.92 Å². The van der Waals surface area contributed by atoms with E-state index in [2.05, 4.69) is 17.0 Å². The molecule has 0 radical (unpaired) electrons. The smallest absolute Gasteiger partial charge is 0.314 e. The Morgan fingerprint density at radius 1 is 1.43 bits per heavy atom. The number of ether oxygens (including phenoxy) is 1. The van der Waals surface area contributed by atoms with Crippen molar-refractivity contribution in [3.63, 3.8) is 0 Å². The van der Waals surface area contributed by atoms with Gasteiger partial charge in [0.2, 0.25) is 0 Å². The highest BCUT2D eigenvalue weighted by molar-refractivity contribution is 4.79. The van der Waals surface area contributed by atoms with Crippen LogP contribution in [-0.2, 0) is 4.74 Å². The second kappa shape index (κ2) is 4.98. The maximum Gasteiger partial charge on any atom is 0.522 e. The maximum absolute atomic E-state index is 11.5. The van der Waals surface area contributed by atoms with Gasteiger partial charge in [0.1, 0.15) is 0 Å². The first kappa shape index (κ1) is 11.8.